The predicted octanol–water partition coefficient (Wildman–Crippen LogP) is 3.53. The van der Waals surface area contributed by atoms with Crippen LogP contribution in [0.15, 0.2) is 46.7 Å². The Hall–Kier alpha value is -4.11. The number of carbonyl (C=O) groups is 2. The molecule has 2 amide bonds. The number of amides is 2. The predicted molar refractivity (Wildman–Crippen MR) is 150 cm³/mol. The van der Waals surface area contributed by atoms with E-state index in [0.717, 1.165) is 0 Å². The lowest BCUT2D eigenvalue weighted by Gasteiger charge is -2.28. The van der Waals surface area contributed by atoms with Gasteiger partial charge in [0.1, 0.15) is 13.2 Å². The molecule has 0 aromatic heterocycles. The highest BCUT2D eigenvalue weighted by atomic mass is 35.5. The molecule has 0 saturated heterocycles. The molecule has 2 aromatic rings. The molecule has 1 heterocycles. The van der Waals surface area contributed by atoms with Crippen LogP contribution in [-0.2, 0) is 9.53 Å². The number of halogens is 2. The van der Waals surface area contributed by atoms with Gasteiger partial charge < -0.3 is 34.7 Å². The molecule has 0 radical (unpaired) electrons. The van der Waals surface area contributed by atoms with Gasteiger partial charge in [0.05, 0.1) is 41.6 Å². The van der Waals surface area contributed by atoms with Crippen LogP contribution in [-0.4, -0.2) is 56.5 Å². The van der Waals surface area contributed by atoms with Crippen LogP contribution < -0.4 is 30.3 Å². The van der Waals surface area contributed by atoms with Crippen LogP contribution in [0.2, 0.25) is 10.0 Å². The minimum absolute atomic E-state index is 0.0221. The van der Waals surface area contributed by atoms with Gasteiger partial charge >= 0.3 is 12.0 Å². The Morgan fingerprint density at radius 1 is 1.23 bits per heavy atom. The van der Waals surface area contributed by atoms with E-state index >= 15 is 0 Å². The molecule has 13 heteroatoms. The van der Waals surface area contributed by atoms with Gasteiger partial charge in [0.15, 0.2) is 23.5 Å². The van der Waals surface area contributed by atoms with Crippen molar-refractivity contribution >= 4 is 41.4 Å². The van der Waals surface area contributed by atoms with Crippen molar-refractivity contribution < 1.29 is 33.6 Å². The molecule has 2 aromatic carbocycles. The van der Waals surface area contributed by atoms with E-state index in [2.05, 4.69) is 27.1 Å². The Balaban J connectivity index is 1.68. The summed E-state index contributed by atoms with van der Waals surface area (Å²) in [5, 5.41) is 20.1. The number of hydrazone groups is 1. The summed E-state index contributed by atoms with van der Waals surface area (Å²) in [6, 6.07) is 6.87. The fourth-order valence-corrected chi connectivity index (χ4v) is 4.34. The van der Waals surface area contributed by atoms with Crippen molar-refractivity contribution in [3.63, 3.8) is 0 Å². The number of benzene rings is 2. The lowest BCUT2D eigenvalue weighted by molar-refractivity contribution is -0.136. The molecule has 0 unspecified atom stereocenters. The third-order valence-electron chi connectivity index (χ3n) is 5.43. The molecule has 4 N–H and O–H groups in total. The molecule has 0 aliphatic carbocycles. The van der Waals surface area contributed by atoms with Gasteiger partial charge in [-0.3, -0.25) is 5.43 Å². The van der Waals surface area contributed by atoms with Crippen molar-refractivity contribution in [3.05, 3.63) is 62.8 Å². The summed E-state index contributed by atoms with van der Waals surface area (Å²) in [4.78, 5) is 24.5. The van der Waals surface area contributed by atoms with Crippen LogP contribution in [0.25, 0.3) is 0 Å². The number of methoxy groups -OCH3 is 1. The average molecular weight is 591 g/mol. The minimum Gasteiger partial charge on any atom is -0.490 e. The Bertz CT molecular complexity index is 1330. The standard InChI is InChI=1S/C27H28Cl2N4O7/c1-5-9-39-25-18(28)10-16(11-19(25)29)13-30-33-22(34)14-40-20-8-7-17(12-21(20)38-6-2)24-23(26(35)37-4)15(3)31-27(36)32-24/h1,7-8,10-13,22,24,33-34H,6,9,14H2,2-4H3,(H2,31,32,36)/b30-13-/t22-,24+/m0/s1. The molecule has 2 atom stereocenters. The third-order valence-corrected chi connectivity index (χ3v) is 5.99. The van der Waals surface area contributed by atoms with Crippen LogP contribution in [0.1, 0.15) is 31.0 Å². The number of carbonyl (C=O) groups excluding carboxylic acids is 2. The zero-order valence-electron chi connectivity index (χ0n) is 21.9. The second-order valence-electron chi connectivity index (χ2n) is 8.22. The number of nitrogens with one attached hydrogen (secondary N) is 3. The van der Waals surface area contributed by atoms with Crippen molar-refractivity contribution in [1.29, 1.82) is 0 Å². The second-order valence-corrected chi connectivity index (χ2v) is 9.04. The molecule has 0 saturated carbocycles. The van der Waals surface area contributed by atoms with Crippen molar-refractivity contribution in [2.75, 3.05) is 26.9 Å². The van der Waals surface area contributed by atoms with E-state index in [1.165, 1.54) is 13.3 Å². The Morgan fingerprint density at radius 3 is 2.60 bits per heavy atom. The smallest absolute Gasteiger partial charge is 0.337 e. The number of hydrogen-bond donors (Lipinski definition) is 4. The normalized spacial score (nSPS) is 15.5. The number of allylic oxidation sites excluding steroid dienone is 1. The maximum absolute atomic E-state index is 12.4. The van der Waals surface area contributed by atoms with Crippen LogP contribution in [0.3, 0.4) is 0 Å². The monoisotopic (exact) mass is 590 g/mol. The molecular weight excluding hydrogens is 563 g/mol. The Morgan fingerprint density at radius 2 is 1.95 bits per heavy atom. The number of hydrogen-bond acceptors (Lipinski definition) is 9. The van der Waals surface area contributed by atoms with Gasteiger partial charge in [0, 0.05) is 5.70 Å². The zero-order valence-corrected chi connectivity index (χ0v) is 23.4. The summed E-state index contributed by atoms with van der Waals surface area (Å²) in [5.74, 6) is 2.70. The van der Waals surface area contributed by atoms with Gasteiger partial charge in [-0.15, -0.1) is 6.42 Å². The number of urea groups is 1. The molecule has 1 aliphatic heterocycles. The second kappa shape index (κ2) is 14.3. The van der Waals surface area contributed by atoms with Crippen molar-refractivity contribution in [1.82, 2.24) is 16.1 Å². The maximum Gasteiger partial charge on any atom is 0.337 e. The van der Waals surface area contributed by atoms with E-state index < -0.39 is 24.3 Å². The van der Waals surface area contributed by atoms with Crippen molar-refractivity contribution in [3.8, 4) is 29.6 Å². The van der Waals surface area contributed by atoms with Crippen LogP contribution in [0.4, 0.5) is 4.79 Å². The first-order chi connectivity index (χ1) is 19.2. The summed E-state index contributed by atoms with van der Waals surface area (Å²) in [6.07, 6.45) is 5.41. The SMILES string of the molecule is C#CCOc1c(Cl)cc(/C=N\N[C@@H](O)COc2ccc([C@H]3NC(=O)NC(C)=C3C(=O)OC)cc2OCC)cc1Cl. The molecule has 1 aliphatic rings. The summed E-state index contributed by atoms with van der Waals surface area (Å²) in [5.41, 5.74) is 4.30. The number of rotatable bonds is 12. The highest BCUT2D eigenvalue weighted by Gasteiger charge is 2.32. The van der Waals surface area contributed by atoms with Gasteiger partial charge in [0.25, 0.3) is 0 Å². The minimum atomic E-state index is -1.19. The van der Waals surface area contributed by atoms with Gasteiger partial charge in [0.2, 0.25) is 0 Å². The molecule has 40 heavy (non-hydrogen) atoms. The topological polar surface area (TPSA) is 140 Å². The van der Waals surface area contributed by atoms with Gasteiger partial charge in [-0.1, -0.05) is 35.2 Å². The number of nitrogens with zero attached hydrogens (tertiary/aromatic N) is 1. The number of esters is 1. The summed E-state index contributed by atoms with van der Waals surface area (Å²) in [7, 11) is 1.26. The number of aliphatic hydroxyl groups is 1. The molecule has 3 rings (SSSR count). The molecule has 0 spiro atoms. The van der Waals surface area contributed by atoms with E-state index in [4.69, 9.17) is 48.6 Å². The molecule has 212 valence electrons. The summed E-state index contributed by atoms with van der Waals surface area (Å²) in [6.45, 7) is 3.56. The number of ether oxygens (including phenoxy) is 4. The Labute approximate surface area is 241 Å². The van der Waals surface area contributed by atoms with E-state index in [0.29, 0.717) is 34.9 Å². The fraction of sp³-hybridized carbons (Fsp3) is 0.296. The fourth-order valence-electron chi connectivity index (χ4n) is 3.73. The number of terminal acetylenes is 1. The van der Waals surface area contributed by atoms with Gasteiger partial charge in [-0.2, -0.15) is 5.10 Å². The summed E-state index contributed by atoms with van der Waals surface area (Å²) < 4.78 is 21.7. The van der Waals surface area contributed by atoms with E-state index in [9.17, 15) is 14.7 Å². The zero-order chi connectivity index (χ0) is 29.2. The molecule has 11 nitrogen and oxygen atoms in total. The lowest BCUT2D eigenvalue weighted by Crippen LogP contribution is -2.45. The largest absolute Gasteiger partial charge is 0.490 e. The molecular formula is C27H28Cl2N4O7. The third kappa shape index (κ3) is 7.72. The van der Waals surface area contributed by atoms with Crippen LogP contribution >= 0.6 is 23.2 Å². The molecule has 0 bridgehead atoms. The first-order valence-corrected chi connectivity index (χ1v) is 12.7. The highest BCUT2D eigenvalue weighted by Crippen LogP contribution is 2.35. The Kier molecular flexibility index (Phi) is 10.9. The van der Waals surface area contributed by atoms with Crippen molar-refractivity contribution in [2.45, 2.75) is 26.1 Å². The van der Waals surface area contributed by atoms with Crippen LogP contribution in [0, 0.1) is 12.3 Å². The quantitative estimate of drug-likeness (QED) is 0.0967. The first kappa shape index (κ1) is 30.4. The average Bonchev–Trinajstić information content (AvgIpc) is 2.91. The van der Waals surface area contributed by atoms with Crippen LogP contribution in [0.5, 0.6) is 17.2 Å². The van der Waals surface area contributed by atoms with E-state index in [1.54, 1.807) is 44.2 Å². The summed E-state index contributed by atoms with van der Waals surface area (Å²) >= 11 is 12.4. The van der Waals surface area contributed by atoms with E-state index in [-0.39, 0.29) is 34.6 Å². The number of aliphatic hydroxyl groups excluding tert-OH is 1. The lowest BCUT2D eigenvalue weighted by atomic mass is 9.95. The van der Waals surface area contributed by atoms with Gasteiger partial charge in [-0.25, -0.2) is 9.59 Å². The van der Waals surface area contributed by atoms with Crippen molar-refractivity contribution in [2.24, 2.45) is 5.10 Å². The van der Waals surface area contributed by atoms with Gasteiger partial charge in [-0.05, 0) is 49.2 Å². The van der Waals surface area contributed by atoms with E-state index in [1.807, 2.05) is 0 Å². The first-order valence-electron chi connectivity index (χ1n) is 12.0. The maximum atomic E-state index is 12.4. The molecule has 0 fully saturated rings. The highest BCUT2D eigenvalue weighted by molar-refractivity contribution is 6.37.